The highest BCUT2D eigenvalue weighted by atomic mass is 35.5. The van der Waals surface area contributed by atoms with Gasteiger partial charge in [0.15, 0.2) is 5.15 Å². The Hall–Kier alpha value is -0.960. The third-order valence-electron chi connectivity index (χ3n) is 1.32. The molecule has 72 valence electrons. The second kappa shape index (κ2) is 3.42. The van der Waals surface area contributed by atoms with E-state index < -0.39 is 0 Å². The molecule has 13 heavy (non-hydrogen) atoms. The minimum absolute atomic E-state index is 0.279. The van der Waals surface area contributed by atoms with Crippen LogP contribution in [0.2, 0.25) is 5.15 Å². The summed E-state index contributed by atoms with van der Waals surface area (Å²) in [7, 11) is 0. The first kappa shape index (κ1) is 10.1. The highest BCUT2D eigenvalue weighted by Crippen LogP contribution is 2.29. The topological polar surface area (TPSA) is 48.1 Å². The van der Waals surface area contributed by atoms with Crippen molar-refractivity contribution in [1.29, 1.82) is 0 Å². The number of aromatic nitrogens is 1. The first-order valence-electron chi connectivity index (χ1n) is 3.99. The van der Waals surface area contributed by atoms with Gasteiger partial charge in [-0.05, 0) is 20.8 Å². The average Bonchev–Trinajstić information content (AvgIpc) is 1.96. The molecule has 0 aliphatic heterocycles. The molecule has 1 rings (SSSR count). The van der Waals surface area contributed by atoms with Crippen LogP contribution < -0.4 is 10.5 Å². The molecule has 1 aromatic heterocycles. The highest BCUT2D eigenvalue weighted by molar-refractivity contribution is 6.32. The van der Waals surface area contributed by atoms with Gasteiger partial charge in [0.1, 0.15) is 17.0 Å². The van der Waals surface area contributed by atoms with E-state index in [9.17, 15) is 0 Å². The normalized spacial score (nSPS) is 11.4. The number of rotatable bonds is 1. The monoisotopic (exact) mass is 200 g/mol. The van der Waals surface area contributed by atoms with Gasteiger partial charge in [0.2, 0.25) is 0 Å². The number of ether oxygens (including phenoxy) is 1. The summed E-state index contributed by atoms with van der Waals surface area (Å²) in [5.41, 5.74) is 5.78. The van der Waals surface area contributed by atoms with Gasteiger partial charge in [-0.15, -0.1) is 0 Å². The Labute approximate surface area is 82.9 Å². The number of halogens is 1. The first-order valence-corrected chi connectivity index (χ1v) is 4.37. The van der Waals surface area contributed by atoms with Crippen LogP contribution >= 0.6 is 11.6 Å². The van der Waals surface area contributed by atoms with Gasteiger partial charge in [-0.1, -0.05) is 11.6 Å². The van der Waals surface area contributed by atoms with Gasteiger partial charge >= 0.3 is 0 Å². The van der Waals surface area contributed by atoms with Gasteiger partial charge in [0, 0.05) is 12.3 Å². The van der Waals surface area contributed by atoms with Gasteiger partial charge < -0.3 is 10.5 Å². The van der Waals surface area contributed by atoms with Crippen LogP contribution in [0.25, 0.3) is 0 Å². The SMILES string of the molecule is CC(C)(C)Oc1ccnc(Cl)c1N. The van der Waals surface area contributed by atoms with Gasteiger partial charge in [-0.25, -0.2) is 4.98 Å². The summed E-state index contributed by atoms with van der Waals surface area (Å²) in [6, 6.07) is 1.70. The van der Waals surface area contributed by atoms with Crippen molar-refractivity contribution in [2.24, 2.45) is 0 Å². The summed E-state index contributed by atoms with van der Waals surface area (Å²) in [6.45, 7) is 5.84. The zero-order valence-corrected chi connectivity index (χ0v) is 8.72. The van der Waals surface area contributed by atoms with Crippen LogP contribution in [0.3, 0.4) is 0 Å². The molecule has 1 heterocycles. The molecular weight excluding hydrogens is 188 g/mol. The van der Waals surface area contributed by atoms with Crippen LogP contribution in [0.5, 0.6) is 5.75 Å². The summed E-state index contributed by atoms with van der Waals surface area (Å²) in [5.74, 6) is 0.576. The molecule has 0 spiro atoms. The maximum atomic E-state index is 5.73. The van der Waals surface area contributed by atoms with Gasteiger partial charge in [-0.2, -0.15) is 0 Å². The van der Waals surface area contributed by atoms with Gasteiger partial charge in [0.05, 0.1) is 0 Å². The van der Waals surface area contributed by atoms with Crippen LogP contribution in [0.4, 0.5) is 5.69 Å². The van der Waals surface area contributed by atoms with Gasteiger partial charge in [0.25, 0.3) is 0 Å². The number of nitrogen functional groups attached to an aromatic ring is 1. The van der Waals surface area contributed by atoms with E-state index in [1.807, 2.05) is 20.8 Å². The molecule has 0 unspecified atom stereocenters. The van der Waals surface area contributed by atoms with Crippen molar-refractivity contribution in [3.05, 3.63) is 17.4 Å². The van der Waals surface area contributed by atoms with Gasteiger partial charge in [-0.3, -0.25) is 0 Å². The molecule has 3 nitrogen and oxygen atoms in total. The molecule has 1 aromatic rings. The maximum Gasteiger partial charge on any atom is 0.155 e. The van der Waals surface area contributed by atoms with E-state index in [4.69, 9.17) is 22.1 Å². The van der Waals surface area contributed by atoms with E-state index in [1.54, 1.807) is 12.3 Å². The minimum Gasteiger partial charge on any atom is -0.486 e. The predicted octanol–water partition coefficient (Wildman–Crippen LogP) is 2.49. The van der Waals surface area contributed by atoms with E-state index in [0.717, 1.165) is 0 Å². The van der Waals surface area contributed by atoms with Crippen molar-refractivity contribution in [3.63, 3.8) is 0 Å². The number of nitrogens with two attached hydrogens (primary N) is 1. The Bertz CT molecular complexity index is 307. The van der Waals surface area contributed by atoms with E-state index in [-0.39, 0.29) is 10.8 Å². The van der Waals surface area contributed by atoms with E-state index in [1.165, 1.54) is 0 Å². The molecule has 0 saturated heterocycles. The summed E-state index contributed by atoms with van der Waals surface area (Å²) >= 11 is 5.73. The Balaban J connectivity index is 2.96. The summed E-state index contributed by atoms with van der Waals surface area (Å²) < 4.78 is 5.56. The summed E-state index contributed by atoms with van der Waals surface area (Å²) in [4.78, 5) is 3.83. The minimum atomic E-state index is -0.279. The largest absolute Gasteiger partial charge is 0.486 e. The van der Waals surface area contributed by atoms with E-state index >= 15 is 0 Å². The first-order chi connectivity index (χ1) is 5.90. The average molecular weight is 201 g/mol. The molecular formula is C9H13ClN2O. The highest BCUT2D eigenvalue weighted by Gasteiger charge is 2.14. The Morgan fingerprint density at radius 1 is 1.46 bits per heavy atom. The predicted molar refractivity (Wildman–Crippen MR) is 54.0 cm³/mol. The molecule has 2 N–H and O–H groups in total. The molecule has 0 saturated carbocycles. The summed E-state index contributed by atoms with van der Waals surface area (Å²) in [6.07, 6.45) is 1.57. The summed E-state index contributed by atoms with van der Waals surface area (Å²) in [5, 5.41) is 0.279. The maximum absolute atomic E-state index is 5.73. The lowest BCUT2D eigenvalue weighted by atomic mass is 10.2. The molecule has 0 amide bonds. The zero-order chi connectivity index (χ0) is 10.1. The lowest BCUT2D eigenvalue weighted by molar-refractivity contribution is 0.132. The second-order valence-corrected chi connectivity index (χ2v) is 4.09. The standard InChI is InChI=1S/C9H13ClN2O/c1-9(2,3)13-6-4-5-12-8(10)7(6)11/h4-5H,11H2,1-3H3. The fourth-order valence-corrected chi connectivity index (χ4v) is 1.000. The van der Waals surface area contributed by atoms with Crippen LogP contribution in [0, 0.1) is 0 Å². The number of anilines is 1. The number of nitrogens with zero attached hydrogens (tertiary/aromatic N) is 1. The van der Waals surface area contributed by atoms with Crippen molar-refractivity contribution >= 4 is 17.3 Å². The van der Waals surface area contributed by atoms with Crippen molar-refractivity contribution in [1.82, 2.24) is 4.98 Å². The van der Waals surface area contributed by atoms with Crippen LogP contribution in [0.15, 0.2) is 12.3 Å². The zero-order valence-electron chi connectivity index (χ0n) is 7.97. The Morgan fingerprint density at radius 2 is 2.08 bits per heavy atom. The molecule has 0 fully saturated rings. The molecule has 4 heteroatoms. The third kappa shape index (κ3) is 2.77. The molecule has 0 aliphatic carbocycles. The number of hydrogen-bond donors (Lipinski definition) is 1. The Morgan fingerprint density at radius 3 is 2.62 bits per heavy atom. The van der Waals surface area contributed by atoms with Crippen molar-refractivity contribution in [2.75, 3.05) is 5.73 Å². The molecule has 0 aromatic carbocycles. The van der Waals surface area contributed by atoms with Crippen LogP contribution in [0.1, 0.15) is 20.8 Å². The second-order valence-electron chi connectivity index (χ2n) is 3.73. The van der Waals surface area contributed by atoms with E-state index in [2.05, 4.69) is 4.98 Å². The van der Waals surface area contributed by atoms with E-state index in [0.29, 0.717) is 11.4 Å². The molecule has 0 bridgehead atoms. The van der Waals surface area contributed by atoms with Crippen molar-refractivity contribution in [2.45, 2.75) is 26.4 Å². The third-order valence-corrected chi connectivity index (χ3v) is 1.62. The molecule has 0 aliphatic rings. The quantitative estimate of drug-likeness (QED) is 0.709. The fourth-order valence-electron chi connectivity index (χ4n) is 0.850. The molecule has 0 radical (unpaired) electrons. The Kier molecular flexibility index (Phi) is 2.66. The van der Waals surface area contributed by atoms with Crippen LogP contribution in [-0.2, 0) is 0 Å². The molecule has 0 atom stereocenters. The lowest BCUT2D eigenvalue weighted by Crippen LogP contribution is -2.23. The fraction of sp³-hybridized carbons (Fsp3) is 0.444. The van der Waals surface area contributed by atoms with Crippen molar-refractivity contribution in [3.8, 4) is 5.75 Å². The lowest BCUT2D eigenvalue weighted by Gasteiger charge is -2.22. The van der Waals surface area contributed by atoms with Crippen molar-refractivity contribution < 1.29 is 4.74 Å². The van der Waals surface area contributed by atoms with Crippen LogP contribution in [-0.4, -0.2) is 10.6 Å². The number of hydrogen-bond acceptors (Lipinski definition) is 3. The smallest absolute Gasteiger partial charge is 0.155 e. The number of pyridine rings is 1.